The molecule has 3 aliphatic rings. The predicted octanol–water partition coefficient (Wildman–Crippen LogP) is 1.68. The lowest BCUT2D eigenvalue weighted by molar-refractivity contribution is -0.149. The lowest BCUT2D eigenvalue weighted by Gasteiger charge is -2.36. The zero-order valence-corrected chi connectivity index (χ0v) is 13.8. The van der Waals surface area contributed by atoms with E-state index in [0.29, 0.717) is 24.9 Å². The molecule has 124 valence electrons. The van der Waals surface area contributed by atoms with E-state index in [2.05, 4.69) is 18.7 Å². The fourth-order valence-electron chi connectivity index (χ4n) is 5.02. The Morgan fingerprint density at radius 1 is 1.18 bits per heavy atom. The van der Waals surface area contributed by atoms with E-state index < -0.39 is 11.4 Å². The van der Waals surface area contributed by atoms with Crippen molar-refractivity contribution in [2.24, 2.45) is 23.2 Å². The van der Waals surface area contributed by atoms with Gasteiger partial charge in [-0.05, 0) is 37.0 Å². The molecule has 0 aromatic rings. The number of carbonyl (C=O) groups excluding carboxylic acids is 1. The number of amides is 1. The van der Waals surface area contributed by atoms with Crippen LogP contribution in [0.3, 0.4) is 0 Å². The van der Waals surface area contributed by atoms with Crippen molar-refractivity contribution in [3.8, 4) is 0 Å². The van der Waals surface area contributed by atoms with E-state index >= 15 is 0 Å². The zero-order valence-electron chi connectivity index (χ0n) is 13.8. The molecule has 0 bridgehead atoms. The summed E-state index contributed by atoms with van der Waals surface area (Å²) < 4.78 is 0. The van der Waals surface area contributed by atoms with Crippen LogP contribution in [0.2, 0.25) is 0 Å². The number of likely N-dealkylation sites (tertiary alicyclic amines) is 2. The largest absolute Gasteiger partial charge is 0.481 e. The van der Waals surface area contributed by atoms with Gasteiger partial charge >= 0.3 is 5.97 Å². The number of rotatable bonds is 3. The van der Waals surface area contributed by atoms with Crippen LogP contribution in [0.5, 0.6) is 0 Å². The van der Waals surface area contributed by atoms with Crippen molar-refractivity contribution < 1.29 is 14.7 Å². The van der Waals surface area contributed by atoms with Crippen LogP contribution in [0, 0.1) is 23.2 Å². The number of nitrogens with zero attached hydrogens (tertiary/aromatic N) is 2. The Kier molecular flexibility index (Phi) is 4.19. The summed E-state index contributed by atoms with van der Waals surface area (Å²) in [5.41, 5.74) is -0.581. The highest BCUT2D eigenvalue weighted by molar-refractivity contribution is 5.79. The van der Waals surface area contributed by atoms with Crippen LogP contribution in [0.1, 0.15) is 39.5 Å². The van der Waals surface area contributed by atoms with Crippen molar-refractivity contribution >= 4 is 11.9 Å². The Hall–Kier alpha value is -1.10. The molecule has 3 fully saturated rings. The van der Waals surface area contributed by atoms with E-state index in [9.17, 15) is 14.7 Å². The van der Waals surface area contributed by atoms with Gasteiger partial charge in [0.05, 0.1) is 12.0 Å². The van der Waals surface area contributed by atoms with E-state index in [0.717, 1.165) is 38.9 Å². The monoisotopic (exact) mass is 308 g/mol. The van der Waals surface area contributed by atoms with Gasteiger partial charge in [0.25, 0.3) is 0 Å². The van der Waals surface area contributed by atoms with Crippen LogP contribution < -0.4 is 0 Å². The first-order chi connectivity index (χ1) is 10.4. The van der Waals surface area contributed by atoms with Crippen molar-refractivity contribution in [2.75, 3.05) is 32.7 Å². The number of piperidine rings is 1. The average molecular weight is 308 g/mol. The molecule has 1 N–H and O–H groups in total. The first-order valence-electron chi connectivity index (χ1n) is 8.64. The summed E-state index contributed by atoms with van der Waals surface area (Å²) in [6.45, 7) is 7.83. The molecule has 2 aliphatic heterocycles. The molecule has 0 aromatic carbocycles. The van der Waals surface area contributed by atoms with Gasteiger partial charge in [0, 0.05) is 26.2 Å². The molecule has 0 radical (unpaired) electrons. The van der Waals surface area contributed by atoms with Gasteiger partial charge in [-0.15, -0.1) is 0 Å². The van der Waals surface area contributed by atoms with Gasteiger partial charge in [0.2, 0.25) is 5.91 Å². The fraction of sp³-hybridized carbons (Fsp3) is 0.882. The molecular weight excluding hydrogens is 280 g/mol. The number of aliphatic carboxylic acids is 1. The first kappa shape index (κ1) is 15.8. The van der Waals surface area contributed by atoms with Crippen molar-refractivity contribution in [1.82, 2.24) is 9.80 Å². The SMILES string of the molecule is CC1CC(C)CN(C(=O)CN2C[C@@H]3CCC[C@@]3(C(=O)O)C2)C1. The van der Waals surface area contributed by atoms with Gasteiger partial charge in [-0.3, -0.25) is 14.5 Å². The van der Waals surface area contributed by atoms with E-state index in [1.165, 1.54) is 6.42 Å². The molecule has 1 amide bonds. The van der Waals surface area contributed by atoms with Crippen molar-refractivity contribution in [3.05, 3.63) is 0 Å². The van der Waals surface area contributed by atoms with Crippen molar-refractivity contribution in [1.29, 1.82) is 0 Å². The van der Waals surface area contributed by atoms with E-state index in [4.69, 9.17) is 0 Å². The van der Waals surface area contributed by atoms with Crippen LogP contribution in [-0.4, -0.2) is 59.5 Å². The maximum Gasteiger partial charge on any atom is 0.311 e. The average Bonchev–Trinajstić information content (AvgIpc) is 2.94. The minimum atomic E-state index is -0.662. The first-order valence-corrected chi connectivity index (χ1v) is 8.64. The Morgan fingerprint density at radius 2 is 1.86 bits per heavy atom. The molecular formula is C17H28N2O3. The standard InChI is InChI=1S/C17H28N2O3/c1-12-6-13(2)8-19(7-12)15(20)10-18-9-14-4-3-5-17(14,11-18)16(21)22/h12-14H,3-11H2,1-2H3,(H,21,22)/t12?,13?,14-,17+/m0/s1. The molecule has 2 unspecified atom stereocenters. The molecule has 4 atom stereocenters. The highest BCUT2D eigenvalue weighted by Gasteiger charge is 2.54. The molecule has 1 aliphatic carbocycles. The van der Waals surface area contributed by atoms with Gasteiger partial charge in [-0.1, -0.05) is 20.3 Å². The van der Waals surface area contributed by atoms with Crippen molar-refractivity contribution in [2.45, 2.75) is 39.5 Å². The molecule has 2 heterocycles. The number of hydrogen-bond acceptors (Lipinski definition) is 3. The summed E-state index contributed by atoms with van der Waals surface area (Å²) in [5.74, 6) is 0.883. The van der Waals surface area contributed by atoms with Gasteiger partial charge in [0.1, 0.15) is 0 Å². The summed E-state index contributed by atoms with van der Waals surface area (Å²) in [5, 5.41) is 9.62. The third-order valence-electron chi connectivity index (χ3n) is 5.95. The lowest BCUT2D eigenvalue weighted by Crippen LogP contribution is -2.47. The third-order valence-corrected chi connectivity index (χ3v) is 5.95. The normalized spacial score (nSPS) is 39.0. The summed E-state index contributed by atoms with van der Waals surface area (Å²) in [6, 6.07) is 0. The van der Waals surface area contributed by atoms with Gasteiger partial charge < -0.3 is 10.0 Å². The molecule has 0 spiro atoms. The quantitative estimate of drug-likeness (QED) is 0.862. The second kappa shape index (κ2) is 5.84. The van der Waals surface area contributed by atoms with E-state index in [1.807, 2.05) is 4.90 Å². The Morgan fingerprint density at radius 3 is 2.45 bits per heavy atom. The minimum Gasteiger partial charge on any atom is -0.481 e. The van der Waals surface area contributed by atoms with Crippen LogP contribution in [0.4, 0.5) is 0 Å². The smallest absolute Gasteiger partial charge is 0.311 e. The molecule has 3 rings (SSSR count). The maximum absolute atomic E-state index is 12.6. The summed E-state index contributed by atoms with van der Waals surface area (Å²) in [4.78, 5) is 28.4. The summed E-state index contributed by atoms with van der Waals surface area (Å²) >= 11 is 0. The van der Waals surface area contributed by atoms with Crippen LogP contribution >= 0.6 is 0 Å². The highest BCUT2D eigenvalue weighted by Crippen LogP contribution is 2.48. The van der Waals surface area contributed by atoms with Crippen molar-refractivity contribution in [3.63, 3.8) is 0 Å². The number of carboxylic acids is 1. The topological polar surface area (TPSA) is 60.9 Å². The van der Waals surface area contributed by atoms with Crippen LogP contribution in [-0.2, 0) is 9.59 Å². The Balaban J connectivity index is 1.60. The number of fused-ring (bicyclic) bond motifs is 1. The molecule has 5 heteroatoms. The molecule has 2 saturated heterocycles. The second-order valence-corrected chi connectivity index (χ2v) is 7.96. The molecule has 5 nitrogen and oxygen atoms in total. The molecule has 1 saturated carbocycles. The lowest BCUT2D eigenvalue weighted by atomic mass is 9.81. The number of carbonyl (C=O) groups is 2. The Bertz CT molecular complexity index is 457. The summed E-state index contributed by atoms with van der Waals surface area (Å²) in [7, 11) is 0. The number of carboxylic acid groups (broad SMARTS) is 1. The Labute approximate surface area is 132 Å². The van der Waals surface area contributed by atoms with Crippen LogP contribution in [0.25, 0.3) is 0 Å². The van der Waals surface area contributed by atoms with Gasteiger partial charge in [0.15, 0.2) is 0 Å². The predicted molar refractivity (Wildman–Crippen MR) is 83.4 cm³/mol. The van der Waals surface area contributed by atoms with Crippen LogP contribution in [0.15, 0.2) is 0 Å². The number of hydrogen-bond donors (Lipinski definition) is 1. The molecule has 22 heavy (non-hydrogen) atoms. The third kappa shape index (κ3) is 2.75. The van der Waals surface area contributed by atoms with Gasteiger partial charge in [-0.2, -0.15) is 0 Å². The fourth-order valence-corrected chi connectivity index (χ4v) is 5.02. The highest BCUT2D eigenvalue weighted by atomic mass is 16.4. The van der Waals surface area contributed by atoms with Gasteiger partial charge in [-0.25, -0.2) is 0 Å². The zero-order chi connectivity index (χ0) is 15.9. The van der Waals surface area contributed by atoms with E-state index in [-0.39, 0.29) is 11.8 Å². The minimum absolute atomic E-state index is 0.180. The summed E-state index contributed by atoms with van der Waals surface area (Å²) in [6.07, 6.45) is 3.97. The molecule has 0 aromatic heterocycles. The van der Waals surface area contributed by atoms with E-state index in [1.54, 1.807) is 0 Å². The second-order valence-electron chi connectivity index (χ2n) is 7.96. The maximum atomic E-state index is 12.6.